The van der Waals surface area contributed by atoms with E-state index in [4.69, 9.17) is 16.6 Å². The summed E-state index contributed by atoms with van der Waals surface area (Å²) in [4.78, 5) is 4.93. The van der Waals surface area contributed by atoms with E-state index in [-0.39, 0.29) is 0 Å². The number of aromatic nitrogens is 2. The van der Waals surface area contributed by atoms with Gasteiger partial charge in [0.15, 0.2) is 0 Å². The van der Waals surface area contributed by atoms with Crippen molar-refractivity contribution in [2.24, 2.45) is 0 Å². The van der Waals surface area contributed by atoms with Crippen LogP contribution >= 0.6 is 11.6 Å². The summed E-state index contributed by atoms with van der Waals surface area (Å²) < 4.78 is 2.35. The van der Waals surface area contributed by atoms with E-state index in [2.05, 4.69) is 59.2 Å². The zero-order valence-corrected chi connectivity index (χ0v) is 19.4. The zero-order valence-electron chi connectivity index (χ0n) is 18.6. The molecular formula is C29H24ClN3. The number of fused-ring (bicyclic) bond motifs is 3. The Bertz CT molecular complexity index is 1480. The van der Waals surface area contributed by atoms with Crippen LogP contribution in [0, 0.1) is 11.3 Å². The van der Waals surface area contributed by atoms with Crippen LogP contribution in [-0.2, 0) is 19.4 Å². The maximum atomic E-state index is 9.74. The van der Waals surface area contributed by atoms with Gasteiger partial charge in [-0.2, -0.15) is 5.26 Å². The van der Waals surface area contributed by atoms with Crippen molar-refractivity contribution in [3.8, 4) is 6.07 Å². The fourth-order valence-corrected chi connectivity index (χ4v) is 5.40. The highest BCUT2D eigenvalue weighted by atomic mass is 35.5. The van der Waals surface area contributed by atoms with Crippen LogP contribution in [-0.4, -0.2) is 9.55 Å². The van der Waals surface area contributed by atoms with Gasteiger partial charge in [-0.1, -0.05) is 60.1 Å². The molecule has 33 heavy (non-hydrogen) atoms. The number of hydrogen-bond acceptors (Lipinski definition) is 2. The summed E-state index contributed by atoms with van der Waals surface area (Å²) in [6.45, 7) is 2.71. The summed E-state index contributed by atoms with van der Waals surface area (Å²) in [6.07, 6.45) is 4.34. The summed E-state index contributed by atoms with van der Waals surface area (Å²) in [5, 5.41) is 10.5. The fraction of sp³-hybridized carbons (Fsp3) is 0.241. The molecule has 4 heteroatoms. The van der Waals surface area contributed by atoms with Crippen molar-refractivity contribution in [2.45, 2.75) is 45.1 Å². The Hall–Kier alpha value is -3.35. The maximum absolute atomic E-state index is 9.74. The van der Waals surface area contributed by atoms with Crippen LogP contribution in [0.5, 0.6) is 0 Å². The first-order valence-electron chi connectivity index (χ1n) is 11.6. The summed E-state index contributed by atoms with van der Waals surface area (Å²) >= 11 is 6.48. The molecule has 0 amide bonds. The number of rotatable bonds is 3. The van der Waals surface area contributed by atoms with Crippen LogP contribution in [0.15, 0.2) is 66.2 Å². The Kier molecular flexibility index (Phi) is 4.85. The molecule has 0 aliphatic heterocycles. The van der Waals surface area contributed by atoms with Gasteiger partial charge in [0.2, 0.25) is 0 Å². The lowest BCUT2D eigenvalue weighted by atomic mass is 9.90. The molecule has 6 rings (SSSR count). The Morgan fingerprint density at radius 3 is 2.64 bits per heavy atom. The van der Waals surface area contributed by atoms with Crippen LogP contribution in [0.4, 0.5) is 0 Å². The lowest BCUT2D eigenvalue weighted by Crippen LogP contribution is -2.05. The van der Waals surface area contributed by atoms with Gasteiger partial charge in [0.25, 0.3) is 0 Å². The number of imidazole rings is 1. The van der Waals surface area contributed by atoms with Gasteiger partial charge in [0, 0.05) is 23.6 Å². The second-order valence-corrected chi connectivity index (χ2v) is 9.61. The predicted molar refractivity (Wildman–Crippen MR) is 133 cm³/mol. The van der Waals surface area contributed by atoms with Crippen molar-refractivity contribution in [3.05, 3.63) is 105 Å². The van der Waals surface area contributed by atoms with Crippen molar-refractivity contribution in [1.29, 1.82) is 5.26 Å². The maximum Gasteiger partial charge on any atom is 0.113 e. The van der Waals surface area contributed by atoms with E-state index >= 15 is 0 Å². The van der Waals surface area contributed by atoms with Gasteiger partial charge in [0.05, 0.1) is 16.6 Å². The van der Waals surface area contributed by atoms with Crippen LogP contribution in [0.3, 0.4) is 0 Å². The van der Waals surface area contributed by atoms with Gasteiger partial charge in [-0.3, -0.25) is 0 Å². The number of hydrogen-bond donors (Lipinski definition) is 0. The largest absolute Gasteiger partial charge is 0.323 e. The first-order chi connectivity index (χ1) is 16.1. The topological polar surface area (TPSA) is 41.6 Å². The molecule has 3 aromatic carbocycles. The van der Waals surface area contributed by atoms with E-state index in [0.717, 1.165) is 52.4 Å². The minimum Gasteiger partial charge on any atom is -0.323 e. The highest BCUT2D eigenvalue weighted by Crippen LogP contribution is 2.42. The monoisotopic (exact) mass is 449 g/mol. The average molecular weight is 450 g/mol. The van der Waals surface area contributed by atoms with E-state index < -0.39 is 0 Å². The third-order valence-corrected chi connectivity index (χ3v) is 7.28. The molecular weight excluding hydrogens is 426 g/mol. The molecule has 1 heterocycles. The van der Waals surface area contributed by atoms with E-state index in [1.54, 1.807) is 0 Å². The van der Waals surface area contributed by atoms with Crippen LogP contribution in [0.1, 0.15) is 59.3 Å². The van der Waals surface area contributed by atoms with Gasteiger partial charge >= 0.3 is 0 Å². The molecule has 162 valence electrons. The lowest BCUT2D eigenvalue weighted by molar-refractivity contribution is 0.745. The smallest absolute Gasteiger partial charge is 0.113 e. The number of benzene rings is 3. The van der Waals surface area contributed by atoms with Crippen molar-refractivity contribution >= 4 is 28.2 Å². The summed E-state index contributed by atoms with van der Waals surface area (Å²) in [5.41, 5.74) is 10.1. The molecule has 3 nitrogen and oxygen atoms in total. The Labute approximate surface area is 199 Å². The van der Waals surface area contributed by atoms with Crippen molar-refractivity contribution in [3.63, 3.8) is 0 Å². The Morgan fingerprint density at radius 2 is 1.82 bits per heavy atom. The number of nitrogens with zero attached hydrogens (tertiary/aromatic N) is 3. The third-order valence-electron chi connectivity index (χ3n) is 6.97. The standard InChI is InChI=1S/C29H24ClN3/c1-18(16-31)27-23-6-3-2-5-20(23)10-13-22-15-19(9-14-24(22)27)17-33-26-8-4-7-25(30)28(26)32-29(33)21-11-12-21/h2-9,14-15,21H,10-13,17H2,1H3/b27-18+. The molecule has 0 radical (unpaired) electrons. The Morgan fingerprint density at radius 1 is 1.03 bits per heavy atom. The van der Waals surface area contributed by atoms with E-state index in [0.29, 0.717) is 5.92 Å². The molecule has 1 saturated carbocycles. The SMILES string of the molecule is C/C(C#N)=C1/c2ccccc2CCc2cc(Cn3c(C4CC4)nc4c(Cl)cccc43)ccc21. The molecule has 1 aromatic heterocycles. The molecule has 0 spiro atoms. The van der Waals surface area contributed by atoms with Gasteiger partial charge in [-0.05, 0) is 72.6 Å². The number of para-hydroxylation sites is 1. The van der Waals surface area contributed by atoms with E-state index in [1.165, 1.54) is 40.7 Å². The molecule has 1 fully saturated rings. The lowest BCUT2D eigenvalue weighted by Gasteiger charge is -2.15. The summed E-state index contributed by atoms with van der Waals surface area (Å²) in [5.74, 6) is 1.69. The predicted octanol–water partition coefficient (Wildman–Crippen LogP) is 7.06. The number of allylic oxidation sites excluding steroid dienone is 1. The quantitative estimate of drug-likeness (QED) is 0.314. The minimum absolute atomic E-state index is 0.539. The van der Waals surface area contributed by atoms with E-state index in [9.17, 15) is 5.26 Å². The van der Waals surface area contributed by atoms with Crippen molar-refractivity contribution < 1.29 is 0 Å². The van der Waals surface area contributed by atoms with Gasteiger partial charge < -0.3 is 4.57 Å². The van der Waals surface area contributed by atoms with Crippen LogP contribution in [0.2, 0.25) is 5.02 Å². The molecule has 0 unspecified atom stereocenters. The average Bonchev–Trinajstić information content (AvgIpc) is 3.63. The molecule has 2 aliphatic carbocycles. The van der Waals surface area contributed by atoms with Crippen molar-refractivity contribution in [2.75, 3.05) is 0 Å². The second-order valence-electron chi connectivity index (χ2n) is 9.20. The van der Waals surface area contributed by atoms with Gasteiger partial charge in [-0.25, -0.2) is 4.98 Å². The normalized spacial score (nSPS) is 16.6. The Balaban J connectivity index is 1.46. The summed E-state index contributed by atoms with van der Waals surface area (Å²) in [7, 11) is 0. The number of nitriles is 1. The highest BCUT2D eigenvalue weighted by Gasteiger charge is 2.30. The molecule has 0 bridgehead atoms. The molecule has 0 atom stereocenters. The minimum atomic E-state index is 0.539. The van der Waals surface area contributed by atoms with Crippen molar-refractivity contribution in [1.82, 2.24) is 9.55 Å². The van der Waals surface area contributed by atoms with Crippen LogP contribution in [0.25, 0.3) is 16.6 Å². The zero-order chi connectivity index (χ0) is 22.5. The molecule has 4 aromatic rings. The molecule has 2 aliphatic rings. The van der Waals surface area contributed by atoms with E-state index in [1.807, 2.05) is 19.1 Å². The summed E-state index contributed by atoms with van der Waals surface area (Å²) in [6, 6.07) is 23.7. The number of halogens is 1. The van der Waals surface area contributed by atoms with Gasteiger partial charge in [-0.15, -0.1) is 0 Å². The third kappa shape index (κ3) is 3.46. The highest BCUT2D eigenvalue weighted by molar-refractivity contribution is 6.34. The van der Waals surface area contributed by atoms with Gasteiger partial charge in [0.1, 0.15) is 11.3 Å². The number of aryl methyl sites for hydroxylation is 2. The fourth-order valence-electron chi connectivity index (χ4n) is 5.19. The molecule has 0 N–H and O–H groups in total. The molecule has 0 saturated heterocycles. The van der Waals surface area contributed by atoms with Crippen LogP contribution < -0.4 is 0 Å². The first kappa shape index (κ1) is 20.3. The first-order valence-corrected chi connectivity index (χ1v) is 12.0. The second kappa shape index (κ2) is 7.90.